The fourth-order valence-corrected chi connectivity index (χ4v) is 2.77. The minimum Gasteiger partial charge on any atom is -0.475 e. The van der Waals surface area contributed by atoms with Gasteiger partial charge in [-0.05, 0) is 55.3 Å². The van der Waals surface area contributed by atoms with E-state index in [9.17, 15) is 18.0 Å². The van der Waals surface area contributed by atoms with E-state index in [1.54, 1.807) is 18.2 Å². The van der Waals surface area contributed by atoms with Gasteiger partial charge in [0.15, 0.2) is 11.4 Å². The maximum atomic E-state index is 11.3. The Kier molecular flexibility index (Phi) is 7.11. The SMILES string of the molecule is Cc1ccc(Nc2ncc(Cl)c(Nc3ccc4oc(=O)[nH]c4c3)n2)cc1C.O=C(O)C(F)(F)F. The largest absolute Gasteiger partial charge is 0.490 e. The summed E-state index contributed by atoms with van der Waals surface area (Å²) in [4.78, 5) is 31.5. The molecule has 0 fully saturated rings. The molecular formula is C21H17ClF3N5O4. The molecule has 0 aliphatic heterocycles. The van der Waals surface area contributed by atoms with E-state index in [1.807, 2.05) is 25.1 Å². The molecule has 2 aromatic carbocycles. The highest BCUT2D eigenvalue weighted by atomic mass is 35.5. The summed E-state index contributed by atoms with van der Waals surface area (Å²) >= 11 is 6.23. The van der Waals surface area contributed by atoms with Gasteiger partial charge in [-0.2, -0.15) is 18.2 Å². The Morgan fingerprint density at radius 3 is 2.38 bits per heavy atom. The number of benzene rings is 2. The van der Waals surface area contributed by atoms with Crippen LogP contribution in [-0.4, -0.2) is 32.2 Å². The molecule has 2 aromatic heterocycles. The number of nitrogens with one attached hydrogen (secondary N) is 3. The Balaban J connectivity index is 0.000000406. The number of anilines is 4. The second kappa shape index (κ2) is 9.83. The van der Waals surface area contributed by atoms with Gasteiger partial charge in [0.2, 0.25) is 5.95 Å². The van der Waals surface area contributed by atoms with E-state index in [0.29, 0.717) is 33.6 Å². The normalized spacial score (nSPS) is 11.0. The van der Waals surface area contributed by atoms with Crippen molar-refractivity contribution >= 4 is 51.8 Å². The first-order valence-corrected chi connectivity index (χ1v) is 9.87. The summed E-state index contributed by atoms with van der Waals surface area (Å²) in [5.74, 6) is -2.39. The maximum absolute atomic E-state index is 11.3. The van der Waals surface area contributed by atoms with Crippen LogP contribution in [0.5, 0.6) is 0 Å². The van der Waals surface area contributed by atoms with E-state index >= 15 is 0 Å². The third kappa shape index (κ3) is 6.25. The Hall–Kier alpha value is -4.06. The fourth-order valence-electron chi connectivity index (χ4n) is 2.63. The van der Waals surface area contributed by atoms with E-state index in [1.165, 1.54) is 17.3 Å². The lowest BCUT2D eigenvalue weighted by molar-refractivity contribution is -0.192. The highest BCUT2D eigenvalue weighted by Crippen LogP contribution is 2.26. The molecule has 34 heavy (non-hydrogen) atoms. The van der Waals surface area contributed by atoms with Gasteiger partial charge in [-0.1, -0.05) is 17.7 Å². The smallest absolute Gasteiger partial charge is 0.475 e. The van der Waals surface area contributed by atoms with Crippen LogP contribution in [0, 0.1) is 13.8 Å². The number of aliphatic carboxylic acids is 1. The average Bonchev–Trinajstić information content (AvgIpc) is 3.12. The van der Waals surface area contributed by atoms with Crippen LogP contribution >= 0.6 is 11.6 Å². The number of oxazole rings is 1. The second-order valence-electron chi connectivity index (χ2n) is 6.97. The molecule has 0 saturated heterocycles. The molecule has 0 aliphatic rings. The lowest BCUT2D eigenvalue weighted by Crippen LogP contribution is -2.21. The topological polar surface area (TPSA) is 133 Å². The van der Waals surface area contributed by atoms with Crippen LogP contribution in [-0.2, 0) is 4.79 Å². The number of aromatic nitrogens is 3. The van der Waals surface area contributed by atoms with Gasteiger partial charge in [0.25, 0.3) is 0 Å². The third-order valence-electron chi connectivity index (χ3n) is 4.43. The van der Waals surface area contributed by atoms with Crippen molar-refractivity contribution in [2.75, 3.05) is 10.6 Å². The molecule has 2 heterocycles. The van der Waals surface area contributed by atoms with Crippen molar-refractivity contribution in [3.63, 3.8) is 0 Å². The third-order valence-corrected chi connectivity index (χ3v) is 4.71. The number of carboxylic acids is 1. The summed E-state index contributed by atoms with van der Waals surface area (Å²) in [6.07, 6.45) is -3.56. The standard InChI is InChI=1S/C19H16ClN5O2.C2HF3O2/c1-10-3-4-12(7-11(10)2)23-18-21-9-14(20)17(25-18)22-13-5-6-16-15(8-13)24-19(26)27-16;3-2(4,5)1(6)7/h3-9H,1-2H3,(H,24,26)(H2,21,22,23,25);(H,6,7). The first-order valence-electron chi connectivity index (χ1n) is 9.49. The summed E-state index contributed by atoms with van der Waals surface area (Å²) in [5, 5.41) is 13.8. The molecule has 13 heteroatoms. The van der Waals surface area contributed by atoms with Gasteiger partial charge in [0, 0.05) is 11.4 Å². The molecular weight excluding hydrogens is 479 g/mol. The van der Waals surface area contributed by atoms with Crippen LogP contribution in [0.1, 0.15) is 11.1 Å². The number of aryl methyl sites for hydroxylation is 2. The predicted octanol–water partition coefficient (Wildman–Crippen LogP) is 5.30. The van der Waals surface area contributed by atoms with E-state index in [0.717, 1.165) is 5.69 Å². The number of alkyl halides is 3. The number of carboxylic acid groups (broad SMARTS) is 1. The first kappa shape index (κ1) is 24.6. The number of hydrogen-bond acceptors (Lipinski definition) is 7. The lowest BCUT2D eigenvalue weighted by atomic mass is 10.1. The molecule has 0 radical (unpaired) electrons. The molecule has 4 rings (SSSR count). The van der Waals surface area contributed by atoms with E-state index in [2.05, 4.69) is 32.5 Å². The molecule has 9 nitrogen and oxygen atoms in total. The molecule has 0 saturated carbocycles. The summed E-state index contributed by atoms with van der Waals surface area (Å²) in [5.41, 5.74) is 5.06. The van der Waals surface area contributed by atoms with E-state index in [-0.39, 0.29) is 0 Å². The number of halogens is 4. The minimum atomic E-state index is -5.08. The van der Waals surface area contributed by atoms with Crippen molar-refractivity contribution in [1.29, 1.82) is 0 Å². The van der Waals surface area contributed by atoms with Crippen LogP contribution in [0.4, 0.5) is 36.3 Å². The molecule has 4 N–H and O–H groups in total. The van der Waals surface area contributed by atoms with Crippen molar-refractivity contribution < 1.29 is 27.5 Å². The van der Waals surface area contributed by atoms with Gasteiger partial charge < -0.3 is 20.2 Å². The van der Waals surface area contributed by atoms with Crippen LogP contribution in [0.15, 0.2) is 51.8 Å². The lowest BCUT2D eigenvalue weighted by Gasteiger charge is -2.11. The van der Waals surface area contributed by atoms with E-state index in [4.69, 9.17) is 25.9 Å². The summed E-state index contributed by atoms with van der Waals surface area (Å²) < 4.78 is 36.7. The highest BCUT2D eigenvalue weighted by Gasteiger charge is 2.38. The Morgan fingerprint density at radius 1 is 1.09 bits per heavy atom. The Morgan fingerprint density at radius 2 is 1.74 bits per heavy atom. The number of nitrogens with zero attached hydrogens (tertiary/aromatic N) is 2. The first-order chi connectivity index (χ1) is 15.9. The number of rotatable bonds is 4. The summed E-state index contributed by atoms with van der Waals surface area (Å²) in [6.45, 7) is 4.11. The van der Waals surface area contributed by atoms with Gasteiger partial charge >= 0.3 is 17.9 Å². The molecule has 0 spiro atoms. The quantitative estimate of drug-likeness (QED) is 0.299. The molecule has 0 atom stereocenters. The molecule has 0 unspecified atom stereocenters. The van der Waals surface area contributed by atoms with Gasteiger partial charge in [0.05, 0.1) is 11.7 Å². The molecule has 0 aliphatic carbocycles. The number of carbonyl (C=O) groups is 1. The maximum Gasteiger partial charge on any atom is 0.490 e. The van der Waals surface area contributed by atoms with Crippen molar-refractivity contribution in [3.8, 4) is 0 Å². The second-order valence-corrected chi connectivity index (χ2v) is 7.37. The monoisotopic (exact) mass is 495 g/mol. The van der Waals surface area contributed by atoms with Crippen LogP contribution in [0.2, 0.25) is 5.02 Å². The van der Waals surface area contributed by atoms with Gasteiger partial charge in [-0.3, -0.25) is 4.98 Å². The molecule has 0 bridgehead atoms. The number of H-pyrrole nitrogens is 1. The van der Waals surface area contributed by atoms with Gasteiger partial charge in [-0.25, -0.2) is 14.6 Å². The highest BCUT2D eigenvalue weighted by molar-refractivity contribution is 6.32. The Bertz CT molecular complexity index is 1400. The van der Waals surface area contributed by atoms with Crippen molar-refractivity contribution in [1.82, 2.24) is 15.0 Å². The van der Waals surface area contributed by atoms with E-state index < -0.39 is 17.9 Å². The molecule has 4 aromatic rings. The summed E-state index contributed by atoms with van der Waals surface area (Å²) in [7, 11) is 0. The summed E-state index contributed by atoms with van der Waals surface area (Å²) in [6, 6.07) is 11.2. The molecule has 178 valence electrons. The zero-order chi connectivity index (χ0) is 25.0. The van der Waals surface area contributed by atoms with Gasteiger partial charge in [0.1, 0.15) is 5.02 Å². The zero-order valence-electron chi connectivity index (χ0n) is 17.6. The van der Waals surface area contributed by atoms with Gasteiger partial charge in [-0.15, -0.1) is 0 Å². The number of fused-ring (bicyclic) bond motifs is 1. The van der Waals surface area contributed by atoms with Crippen molar-refractivity contribution in [2.24, 2.45) is 0 Å². The molecule has 0 amide bonds. The van der Waals surface area contributed by atoms with Crippen LogP contribution < -0.4 is 16.4 Å². The predicted molar refractivity (Wildman–Crippen MR) is 120 cm³/mol. The van der Waals surface area contributed by atoms with Crippen LogP contribution in [0.3, 0.4) is 0 Å². The zero-order valence-corrected chi connectivity index (χ0v) is 18.4. The number of hydrogen-bond donors (Lipinski definition) is 4. The van der Waals surface area contributed by atoms with Crippen LogP contribution in [0.25, 0.3) is 11.1 Å². The minimum absolute atomic E-state index is 0.376. The number of aromatic amines is 1. The van der Waals surface area contributed by atoms with Crippen molar-refractivity contribution in [2.45, 2.75) is 20.0 Å². The van der Waals surface area contributed by atoms with Crippen molar-refractivity contribution in [3.05, 3.63) is 69.3 Å². The fraction of sp³-hybridized carbons (Fsp3) is 0.143. The average molecular weight is 496 g/mol. The Labute approximate surface area is 194 Å².